The Hall–Kier alpha value is -1.36. The zero-order valence-electron chi connectivity index (χ0n) is 6.46. The molecule has 4 N–H and O–H groups in total. The Labute approximate surface area is 73.2 Å². The largest absolute Gasteiger partial charge is 0.397 e. The number of Topliss-reactive ketones (excluding diaryl/α,β-unsaturated/α-hetero) is 1. The third-order valence-corrected chi connectivity index (χ3v) is 2.57. The van der Waals surface area contributed by atoms with Crippen molar-refractivity contribution in [1.29, 1.82) is 0 Å². The summed E-state index contributed by atoms with van der Waals surface area (Å²) < 4.78 is 0. The monoisotopic (exact) mass is 184 g/mol. The fourth-order valence-corrected chi connectivity index (χ4v) is 1.66. The second-order valence-corrected chi connectivity index (χ2v) is 3.23. The first-order valence-corrected chi connectivity index (χ1v) is 4.09. The SMILES string of the molecule is Cc1csc(C(=O)C(N)=O)c1N. The molecule has 1 heterocycles. The van der Waals surface area contributed by atoms with Crippen LogP contribution in [0.1, 0.15) is 15.2 Å². The molecule has 0 spiro atoms. The molecule has 1 amide bonds. The van der Waals surface area contributed by atoms with E-state index in [0.717, 1.165) is 16.9 Å². The average Bonchev–Trinajstić information content (AvgIpc) is 2.32. The fourth-order valence-electron chi connectivity index (χ4n) is 0.741. The third-order valence-electron chi connectivity index (χ3n) is 1.45. The van der Waals surface area contributed by atoms with Crippen LogP contribution in [0.25, 0.3) is 0 Å². The van der Waals surface area contributed by atoms with Crippen LogP contribution in [-0.2, 0) is 4.79 Å². The lowest BCUT2D eigenvalue weighted by molar-refractivity contribution is -0.114. The Morgan fingerprint density at radius 3 is 2.42 bits per heavy atom. The average molecular weight is 184 g/mol. The third kappa shape index (κ3) is 1.31. The first kappa shape index (κ1) is 8.73. The number of rotatable bonds is 2. The summed E-state index contributed by atoms with van der Waals surface area (Å²) in [6.07, 6.45) is 0. The predicted molar refractivity (Wildman–Crippen MR) is 47.0 cm³/mol. The van der Waals surface area contributed by atoms with Crippen molar-refractivity contribution in [3.63, 3.8) is 0 Å². The smallest absolute Gasteiger partial charge is 0.290 e. The summed E-state index contributed by atoms with van der Waals surface area (Å²) in [6, 6.07) is 0. The van der Waals surface area contributed by atoms with Crippen molar-refractivity contribution in [2.24, 2.45) is 5.73 Å². The Balaban J connectivity index is 3.12. The number of carbonyl (C=O) groups excluding carboxylic acids is 2. The number of aryl methyl sites for hydroxylation is 1. The molecule has 1 rings (SSSR count). The van der Waals surface area contributed by atoms with Crippen LogP contribution in [0.2, 0.25) is 0 Å². The van der Waals surface area contributed by atoms with Gasteiger partial charge in [-0.15, -0.1) is 11.3 Å². The number of thiophene rings is 1. The van der Waals surface area contributed by atoms with E-state index >= 15 is 0 Å². The lowest BCUT2D eigenvalue weighted by Crippen LogP contribution is -2.22. The molecule has 0 saturated carbocycles. The van der Waals surface area contributed by atoms with Crippen molar-refractivity contribution >= 4 is 28.7 Å². The second-order valence-electron chi connectivity index (χ2n) is 2.35. The highest BCUT2D eigenvalue weighted by atomic mass is 32.1. The van der Waals surface area contributed by atoms with Gasteiger partial charge in [-0.25, -0.2) is 0 Å². The molecular formula is C7H8N2O2S. The Bertz CT molecular complexity index is 343. The summed E-state index contributed by atoms with van der Waals surface area (Å²) in [4.78, 5) is 21.8. The van der Waals surface area contributed by atoms with E-state index in [1.54, 1.807) is 12.3 Å². The quantitative estimate of drug-likeness (QED) is 0.512. The van der Waals surface area contributed by atoms with E-state index < -0.39 is 11.7 Å². The Morgan fingerprint density at radius 2 is 2.08 bits per heavy atom. The van der Waals surface area contributed by atoms with Gasteiger partial charge in [0.15, 0.2) is 0 Å². The molecule has 5 heteroatoms. The van der Waals surface area contributed by atoms with Crippen LogP contribution in [-0.4, -0.2) is 11.7 Å². The highest BCUT2D eigenvalue weighted by molar-refractivity contribution is 7.13. The lowest BCUT2D eigenvalue weighted by atomic mass is 10.2. The van der Waals surface area contributed by atoms with E-state index in [9.17, 15) is 9.59 Å². The van der Waals surface area contributed by atoms with Crippen LogP contribution in [0, 0.1) is 6.92 Å². The summed E-state index contributed by atoms with van der Waals surface area (Å²) in [6.45, 7) is 1.77. The second kappa shape index (κ2) is 2.94. The van der Waals surface area contributed by atoms with E-state index in [1.807, 2.05) is 0 Å². The van der Waals surface area contributed by atoms with Gasteiger partial charge in [0.25, 0.3) is 11.7 Å². The number of hydrogen-bond acceptors (Lipinski definition) is 4. The van der Waals surface area contributed by atoms with Crippen molar-refractivity contribution in [2.45, 2.75) is 6.92 Å². The Kier molecular flexibility index (Phi) is 2.14. The van der Waals surface area contributed by atoms with Crippen molar-refractivity contribution in [1.82, 2.24) is 0 Å². The van der Waals surface area contributed by atoms with E-state index in [1.165, 1.54) is 0 Å². The van der Waals surface area contributed by atoms with Gasteiger partial charge in [0.2, 0.25) is 0 Å². The van der Waals surface area contributed by atoms with Crippen LogP contribution in [0.4, 0.5) is 5.69 Å². The molecule has 0 unspecified atom stereocenters. The van der Waals surface area contributed by atoms with Gasteiger partial charge in [0.05, 0.1) is 5.69 Å². The van der Waals surface area contributed by atoms with Crippen molar-refractivity contribution < 1.29 is 9.59 Å². The minimum absolute atomic E-state index is 0.236. The van der Waals surface area contributed by atoms with Gasteiger partial charge < -0.3 is 11.5 Å². The summed E-state index contributed by atoms with van der Waals surface area (Å²) >= 11 is 1.14. The zero-order chi connectivity index (χ0) is 9.30. The van der Waals surface area contributed by atoms with Gasteiger partial charge in [0.1, 0.15) is 4.88 Å². The summed E-state index contributed by atoms with van der Waals surface area (Å²) in [7, 11) is 0. The topological polar surface area (TPSA) is 86.2 Å². The molecule has 4 nitrogen and oxygen atoms in total. The maximum absolute atomic E-state index is 11.0. The van der Waals surface area contributed by atoms with Crippen LogP contribution >= 0.6 is 11.3 Å². The molecule has 0 aliphatic rings. The number of carbonyl (C=O) groups is 2. The van der Waals surface area contributed by atoms with Crippen molar-refractivity contribution in [3.05, 3.63) is 15.8 Å². The van der Waals surface area contributed by atoms with Crippen molar-refractivity contribution in [3.8, 4) is 0 Å². The number of hydrogen-bond donors (Lipinski definition) is 2. The molecular weight excluding hydrogens is 176 g/mol. The Morgan fingerprint density at radius 1 is 1.50 bits per heavy atom. The minimum atomic E-state index is -0.969. The van der Waals surface area contributed by atoms with Crippen LogP contribution in [0.3, 0.4) is 0 Å². The maximum atomic E-state index is 11.0. The van der Waals surface area contributed by atoms with Gasteiger partial charge in [-0.2, -0.15) is 0 Å². The van der Waals surface area contributed by atoms with Crippen LogP contribution in [0.5, 0.6) is 0 Å². The molecule has 0 saturated heterocycles. The number of primary amides is 1. The van der Waals surface area contributed by atoms with Gasteiger partial charge in [0, 0.05) is 0 Å². The van der Waals surface area contributed by atoms with Gasteiger partial charge >= 0.3 is 0 Å². The molecule has 1 aromatic rings. The molecule has 12 heavy (non-hydrogen) atoms. The predicted octanol–water partition coefficient (Wildman–Crippen LogP) is 0.307. The molecule has 0 aliphatic carbocycles. The summed E-state index contributed by atoms with van der Waals surface area (Å²) in [5.41, 5.74) is 11.5. The summed E-state index contributed by atoms with van der Waals surface area (Å²) in [5.74, 6) is -1.69. The first-order chi connectivity index (χ1) is 5.54. The van der Waals surface area contributed by atoms with Crippen LogP contribution < -0.4 is 11.5 Å². The molecule has 0 bridgehead atoms. The van der Waals surface area contributed by atoms with E-state index in [0.29, 0.717) is 5.69 Å². The highest BCUT2D eigenvalue weighted by Gasteiger charge is 2.18. The zero-order valence-corrected chi connectivity index (χ0v) is 7.27. The fraction of sp³-hybridized carbons (Fsp3) is 0.143. The normalized spacial score (nSPS) is 9.75. The van der Waals surface area contributed by atoms with E-state index in [4.69, 9.17) is 11.5 Å². The van der Waals surface area contributed by atoms with E-state index in [2.05, 4.69) is 0 Å². The number of ketones is 1. The molecule has 1 aromatic heterocycles. The first-order valence-electron chi connectivity index (χ1n) is 3.21. The van der Waals surface area contributed by atoms with Crippen LogP contribution in [0.15, 0.2) is 5.38 Å². The van der Waals surface area contributed by atoms with Gasteiger partial charge in [-0.05, 0) is 17.9 Å². The standard InChI is InChI=1S/C7H8N2O2S/c1-3-2-12-6(4(3)8)5(10)7(9)11/h2H,8H2,1H3,(H2,9,11). The highest BCUT2D eigenvalue weighted by Crippen LogP contribution is 2.24. The summed E-state index contributed by atoms with van der Waals surface area (Å²) in [5, 5.41) is 1.71. The van der Waals surface area contributed by atoms with Crippen molar-refractivity contribution in [2.75, 3.05) is 5.73 Å². The van der Waals surface area contributed by atoms with E-state index in [-0.39, 0.29) is 4.88 Å². The molecule has 0 aliphatic heterocycles. The molecule has 0 aromatic carbocycles. The molecule has 0 fully saturated rings. The lowest BCUT2D eigenvalue weighted by Gasteiger charge is -1.94. The number of anilines is 1. The maximum Gasteiger partial charge on any atom is 0.290 e. The van der Waals surface area contributed by atoms with Gasteiger partial charge in [-0.3, -0.25) is 9.59 Å². The van der Waals surface area contributed by atoms with Gasteiger partial charge in [-0.1, -0.05) is 0 Å². The molecule has 0 radical (unpaired) electrons. The number of nitrogen functional groups attached to an aromatic ring is 1. The number of nitrogens with two attached hydrogens (primary N) is 2. The number of amides is 1. The molecule has 0 atom stereocenters. The molecule has 64 valence electrons. The minimum Gasteiger partial charge on any atom is -0.397 e.